The van der Waals surface area contributed by atoms with Crippen molar-refractivity contribution in [3.63, 3.8) is 0 Å². The fraction of sp³-hybridized carbons (Fsp3) is 0.278. The zero-order valence-electron chi connectivity index (χ0n) is 15.0. The van der Waals surface area contributed by atoms with Crippen LogP contribution in [0.5, 0.6) is 5.75 Å². The molecular weight excluding hydrogens is 376 g/mol. The van der Waals surface area contributed by atoms with E-state index in [0.29, 0.717) is 22.1 Å². The lowest BCUT2D eigenvalue weighted by Gasteiger charge is -2.24. The van der Waals surface area contributed by atoms with E-state index < -0.39 is 15.9 Å². The van der Waals surface area contributed by atoms with Crippen molar-refractivity contribution in [3.05, 3.63) is 52.5 Å². The minimum atomic E-state index is -3.64. The van der Waals surface area contributed by atoms with E-state index in [0.717, 1.165) is 21.7 Å². The van der Waals surface area contributed by atoms with E-state index >= 15 is 0 Å². The molecule has 6 nitrogen and oxygen atoms in total. The van der Waals surface area contributed by atoms with Gasteiger partial charge in [0, 0.05) is 5.69 Å². The van der Waals surface area contributed by atoms with Gasteiger partial charge >= 0.3 is 0 Å². The van der Waals surface area contributed by atoms with Gasteiger partial charge in [0.1, 0.15) is 12.3 Å². The average Bonchev–Trinajstić information content (AvgIpc) is 2.55. The fourth-order valence-corrected chi connectivity index (χ4v) is 3.63. The number of carbonyl (C=O) groups is 1. The standard InChI is InChI=1S/C18H21ClN2O4S/c1-12-6-5-7-16(13(12)2)21(26(4,23)24)11-18(22)20-14-8-9-17(25-3)15(19)10-14/h5-10H,11H2,1-4H3,(H,20,22). The van der Waals surface area contributed by atoms with Crippen LogP contribution in [0, 0.1) is 13.8 Å². The molecule has 0 radical (unpaired) electrons. The number of halogens is 1. The Morgan fingerprint density at radius 1 is 1.23 bits per heavy atom. The zero-order valence-corrected chi connectivity index (χ0v) is 16.6. The van der Waals surface area contributed by atoms with Gasteiger partial charge in [-0.3, -0.25) is 9.10 Å². The molecule has 0 fully saturated rings. The van der Waals surface area contributed by atoms with Gasteiger partial charge in [-0.25, -0.2) is 8.42 Å². The fourth-order valence-electron chi connectivity index (χ4n) is 2.46. The number of hydrogen-bond acceptors (Lipinski definition) is 4. The van der Waals surface area contributed by atoms with E-state index in [-0.39, 0.29) is 6.54 Å². The summed E-state index contributed by atoms with van der Waals surface area (Å²) in [4.78, 5) is 12.4. The molecule has 0 aliphatic carbocycles. The van der Waals surface area contributed by atoms with Crippen molar-refractivity contribution in [2.75, 3.05) is 29.5 Å². The summed E-state index contributed by atoms with van der Waals surface area (Å²) in [6, 6.07) is 10.1. The zero-order chi connectivity index (χ0) is 19.5. The lowest BCUT2D eigenvalue weighted by molar-refractivity contribution is -0.114. The van der Waals surface area contributed by atoms with Gasteiger partial charge in [-0.15, -0.1) is 0 Å². The Kier molecular flexibility index (Phi) is 6.15. The van der Waals surface area contributed by atoms with Crippen LogP contribution in [0.2, 0.25) is 5.02 Å². The van der Waals surface area contributed by atoms with E-state index in [4.69, 9.17) is 16.3 Å². The number of sulfonamides is 1. The maximum absolute atomic E-state index is 12.4. The molecule has 0 unspecified atom stereocenters. The molecule has 2 aromatic carbocycles. The Bertz CT molecular complexity index is 929. The Morgan fingerprint density at radius 3 is 2.50 bits per heavy atom. The predicted molar refractivity (Wildman–Crippen MR) is 105 cm³/mol. The molecule has 8 heteroatoms. The third-order valence-electron chi connectivity index (χ3n) is 3.97. The van der Waals surface area contributed by atoms with E-state index in [2.05, 4.69) is 5.32 Å². The van der Waals surface area contributed by atoms with E-state index in [1.165, 1.54) is 7.11 Å². The molecule has 0 spiro atoms. The Morgan fingerprint density at radius 2 is 1.92 bits per heavy atom. The predicted octanol–water partition coefficient (Wildman–Crippen LogP) is 3.37. The summed E-state index contributed by atoms with van der Waals surface area (Å²) in [6.07, 6.45) is 1.08. The van der Waals surface area contributed by atoms with Crippen LogP contribution in [0.3, 0.4) is 0 Å². The molecular formula is C18H21ClN2O4S. The minimum absolute atomic E-state index is 0.341. The van der Waals surface area contributed by atoms with Crippen LogP contribution in [0.15, 0.2) is 36.4 Å². The van der Waals surface area contributed by atoms with Crippen molar-refractivity contribution in [2.24, 2.45) is 0 Å². The normalized spacial score (nSPS) is 11.1. The Labute approximate surface area is 158 Å². The van der Waals surface area contributed by atoms with Crippen LogP contribution in [-0.2, 0) is 14.8 Å². The molecule has 2 rings (SSSR count). The first kappa shape index (κ1) is 20.1. The largest absolute Gasteiger partial charge is 0.495 e. The molecule has 140 valence electrons. The molecule has 0 saturated heterocycles. The first-order valence-electron chi connectivity index (χ1n) is 7.81. The second-order valence-corrected chi connectivity index (χ2v) is 8.20. The third-order valence-corrected chi connectivity index (χ3v) is 5.39. The molecule has 0 heterocycles. The number of rotatable bonds is 6. The maximum atomic E-state index is 12.4. The van der Waals surface area contributed by atoms with Crippen molar-refractivity contribution in [3.8, 4) is 5.75 Å². The summed E-state index contributed by atoms with van der Waals surface area (Å²) in [7, 11) is -2.14. The Balaban J connectivity index is 2.25. The summed E-state index contributed by atoms with van der Waals surface area (Å²) < 4.78 is 30.6. The summed E-state index contributed by atoms with van der Waals surface area (Å²) in [5.41, 5.74) is 2.68. The molecule has 1 N–H and O–H groups in total. The second-order valence-electron chi connectivity index (χ2n) is 5.89. The van der Waals surface area contributed by atoms with Crippen LogP contribution in [-0.4, -0.2) is 34.2 Å². The molecule has 0 aliphatic rings. The lowest BCUT2D eigenvalue weighted by atomic mass is 10.1. The smallest absolute Gasteiger partial charge is 0.245 e. The molecule has 0 aliphatic heterocycles. The van der Waals surface area contributed by atoms with Crippen LogP contribution in [0.4, 0.5) is 11.4 Å². The van der Waals surface area contributed by atoms with Crippen molar-refractivity contribution in [1.29, 1.82) is 0 Å². The number of nitrogens with one attached hydrogen (secondary N) is 1. The highest BCUT2D eigenvalue weighted by Gasteiger charge is 2.23. The number of amides is 1. The highest BCUT2D eigenvalue weighted by Crippen LogP contribution is 2.28. The minimum Gasteiger partial charge on any atom is -0.495 e. The van der Waals surface area contributed by atoms with Crippen LogP contribution in [0.25, 0.3) is 0 Å². The topological polar surface area (TPSA) is 75.7 Å². The molecule has 2 aromatic rings. The van der Waals surface area contributed by atoms with E-state index in [9.17, 15) is 13.2 Å². The van der Waals surface area contributed by atoms with Crippen molar-refractivity contribution in [2.45, 2.75) is 13.8 Å². The summed E-state index contributed by atoms with van der Waals surface area (Å²) in [5.74, 6) is 0.00961. The highest BCUT2D eigenvalue weighted by molar-refractivity contribution is 7.92. The van der Waals surface area contributed by atoms with Crippen molar-refractivity contribution < 1.29 is 17.9 Å². The molecule has 0 saturated carbocycles. The number of benzene rings is 2. The first-order valence-corrected chi connectivity index (χ1v) is 10.0. The highest BCUT2D eigenvalue weighted by atomic mass is 35.5. The van der Waals surface area contributed by atoms with Crippen molar-refractivity contribution in [1.82, 2.24) is 0 Å². The van der Waals surface area contributed by atoms with Gasteiger partial charge in [0.2, 0.25) is 15.9 Å². The van der Waals surface area contributed by atoms with Crippen LogP contribution in [0.1, 0.15) is 11.1 Å². The maximum Gasteiger partial charge on any atom is 0.245 e. The number of ether oxygens (including phenoxy) is 1. The van der Waals surface area contributed by atoms with Gasteiger partial charge in [-0.2, -0.15) is 0 Å². The molecule has 0 bridgehead atoms. The molecule has 1 amide bonds. The summed E-state index contributed by atoms with van der Waals surface area (Å²) in [5, 5.41) is 3.00. The van der Waals surface area contributed by atoms with E-state index in [1.807, 2.05) is 19.9 Å². The molecule has 0 atom stereocenters. The third kappa shape index (κ3) is 4.68. The van der Waals surface area contributed by atoms with E-state index in [1.54, 1.807) is 30.3 Å². The average molecular weight is 397 g/mol. The van der Waals surface area contributed by atoms with Crippen molar-refractivity contribution >= 4 is 38.9 Å². The monoisotopic (exact) mass is 396 g/mol. The van der Waals surface area contributed by atoms with Gasteiger partial charge in [0.05, 0.1) is 24.1 Å². The van der Waals surface area contributed by atoms with Gasteiger partial charge < -0.3 is 10.1 Å². The number of aryl methyl sites for hydroxylation is 1. The Hall–Kier alpha value is -2.25. The number of carbonyl (C=O) groups excluding carboxylic acids is 1. The quantitative estimate of drug-likeness (QED) is 0.812. The molecule has 26 heavy (non-hydrogen) atoms. The number of hydrogen-bond donors (Lipinski definition) is 1. The summed E-state index contributed by atoms with van der Waals surface area (Å²) >= 11 is 6.04. The van der Waals surface area contributed by atoms with Gasteiger partial charge in [-0.05, 0) is 49.2 Å². The number of nitrogens with zero attached hydrogens (tertiary/aromatic N) is 1. The lowest BCUT2D eigenvalue weighted by Crippen LogP contribution is -2.38. The summed E-state index contributed by atoms with van der Waals surface area (Å²) in [6.45, 7) is 3.37. The number of methoxy groups -OCH3 is 1. The van der Waals surface area contributed by atoms with Gasteiger partial charge in [0.25, 0.3) is 0 Å². The SMILES string of the molecule is COc1ccc(NC(=O)CN(c2cccc(C)c2C)S(C)(=O)=O)cc1Cl. The second kappa shape index (κ2) is 7.97. The van der Waals surface area contributed by atoms with Crippen LogP contribution < -0.4 is 14.4 Å². The number of anilines is 2. The first-order chi connectivity index (χ1) is 12.1. The van der Waals surface area contributed by atoms with Gasteiger partial charge in [-0.1, -0.05) is 23.7 Å². The molecule has 0 aromatic heterocycles. The van der Waals surface area contributed by atoms with Gasteiger partial charge in [0.15, 0.2) is 0 Å². The van der Waals surface area contributed by atoms with Crippen LogP contribution >= 0.6 is 11.6 Å².